The molecule has 0 saturated heterocycles. The molecule has 0 unspecified atom stereocenters. The van der Waals surface area contributed by atoms with E-state index in [2.05, 4.69) is 0 Å². The predicted molar refractivity (Wildman–Crippen MR) is 45.3 cm³/mol. The third kappa shape index (κ3) is 2.05. The van der Waals surface area contributed by atoms with Crippen molar-refractivity contribution in [2.45, 2.75) is 17.3 Å². The molecule has 0 aliphatic heterocycles. The molecular formula is C8H9FO3S. The Kier molecular flexibility index (Phi) is 2.68. The van der Waals surface area contributed by atoms with Crippen LogP contribution in [-0.2, 0) is 9.84 Å². The largest absolute Gasteiger partial charge is 0.377 e. The molecule has 1 aromatic rings. The molecule has 0 bridgehead atoms. The average Bonchev–Trinajstić information content (AvgIpc) is 2.04. The first-order valence-corrected chi connectivity index (χ1v) is 5.17. The fraction of sp³-hybridized carbons (Fsp3) is 0.250. The van der Waals surface area contributed by atoms with Crippen LogP contribution in [0.15, 0.2) is 29.2 Å². The van der Waals surface area contributed by atoms with Crippen LogP contribution in [0.3, 0.4) is 0 Å². The molecule has 0 heterocycles. The van der Waals surface area contributed by atoms with Crippen LogP contribution in [0, 0.1) is 5.82 Å². The highest BCUT2D eigenvalue weighted by Gasteiger charge is 2.20. The van der Waals surface area contributed by atoms with Crippen LogP contribution >= 0.6 is 0 Å². The molecule has 72 valence electrons. The Hall–Kier alpha value is -0.940. The summed E-state index contributed by atoms with van der Waals surface area (Å²) in [4.78, 5) is -0.0797. The van der Waals surface area contributed by atoms with Gasteiger partial charge in [0.15, 0.2) is 5.44 Å². The smallest absolute Gasteiger partial charge is 0.204 e. The van der Waals surface area contributed by atoms with Gasteiger partial charge in [0, 0.05) is 0 Å². The van der Waals surface area contributed by atoms with Crippen molar-refractivity contribution < 1.29 is 17.9 Å². The summed E-state index contributed by atoms with van der Waals surface area (Å²) in [5.41, 5.74) is -1.47. The standard InChI is InChI=1S/C8H9FO3S/c1-6(10)13(11,12)8-4-2-7(9)3-5-8/h2-6,10H,1H3/t6-/m0/s1. The maximum Gasteiger partial charge on any atom is 0.204 e. The summed E-state index contributed by atoms with van der Waals surface area (Å²) >= 11 is 0. The zero-order valence-corrected chi connectivity index (χ0v) is 7.75. The lowest BCUT2D eigenvalue weighted by molar-refractivity contribution is 0.268. The third-order valence-corrected chi connectivity index (χ3v) is 3.42. The van der Waals surface area contributed by atoms with Crippen molar-refractivity contribution in [2.24, 2.45) is 0 Å². The lowest BCUT2D eigenvalue weighted by Crippen LogP contribution is -2.16. The van der Waals surface area contributed by atoms with Gasteiger partial charge in [-0.2, -0.15) is 0 Å². The molecule has 1 rings (SSSR count). The minimum Gasteiger partial charge on any atom is -0.377 e. The Bertz CT molecular complexity index is 380. The minimum atomic E-state index is -3.70. The fourth-order valence-electron chi connectivity index (χ4n) is 0.821. The van der Waals surface area contributed by atoms with Crippen molar-refractivity contribution in [2.75, 3.05) is 0 Å². The zero-order chi connectivity index (χ0) is 10.1. The summed E-state index contributed by atoms with van der Waals surface area (Å²) < 4.78 is 35.0. The number of hydrogen-bond donors (Lipinski definition) is 1. The van der Waals surface area contributed by atoms with E-state index in [4.69, 9.17) is 5.11 Å². The van der Waals surface area contributed by atoms with Crippen LogP contribution in [0.1, 0.15) is 6.92 Å². The summed E-state index contributed by atoms with van der Waals surface area (Å²) in [7, 11) is -3.70. The van der Waals surface area contributed by atoms with E-state index < -0.39 is 21.1 Å². The Balaban J connectivity index is 3.17. The van der Waals surface area contributed by atoms with Gasteiger partial charge in [0.1, 0.15) is 5.82 Å². The number of hydrogen-bond acceptors (Lipinski definition) is 3. The lowest BCUT2D eigenvalue weighted by atomic mass is 10.4. The van der Waals surface area contributed by atoms with Crippen LogP contribution in [0.25, 0.3) is 0 Å². The fourth-order valence-corrected chi connectivity index (χ4v) is 1.73. The lowest BCUT2D eigenvalue weighted by Gasteiger charge is -2.05. The van der Waals surface area contributed by atoms with E-state index >= 15 is 0 Å². The molecule has 1 N–H and O–H groups in total. The highest BCUT2D eigenvalue weighted by molar-refractivity contribution is 7.91. The normalized spacial score (nSPS) is 14.1. The van der Waals surface area contributed by atoms with Crippen LogP contribution < -0.4 is 0 Å². The average molecular weight is 204 g/mol. The number of benzene rings is 1. The number of aliphatic hydroxyl groups is 1. The SMILES string of the molecule is C[C@@H](O)S(=O)(=O)c1ccc(F)cc1. The van der Waals surface area contributed by atoms with Gasteiger partial charge in [0.05, 0.1) is 4.90 Å². The third-order valence-electron chi connectivity index (χ3n) is 1.59. The van der Waals surface area contributed by atoms with Gasteiger partial charge in [-0.25, -0.2) is 12.8 Å². The second-order valence-electron chi connectivity index (χ2n) is 2.60. The molecule has 5 heteroatoms. The summed E-state index contributed by atoms with van der Waals surface area (Å²) in [6.07, 6.45) is 0. The maximum absolute atomic E-state index is 12.4. The predicted octanol–water partition coefficient (Wildman–Crippen LogP) is 0.938. The van der Waals surface area contributed by atoms with Crippen molar-refractivity contribution in [3.8, 4) is 0 Å². The molecular weight excluding hydrogens is 195 g/mol. The number of sulfone groups is 1. The van der Waals surface area contributed by atoms with Gasteiger partial charge in [-0.15, -0.1) is 0 Å². The highest BCUT2D eigenvalue weighted by Crippen LogP contribution is 2.14. The van der Waals surface area contributed by atoms with Crippen LogP contribution in [-0.4, -0.2) is 19.0 Å². The molecule has 0 aliphatic carbocycles. The van der Waals surface area contributed by atoms with Gasteiger partial charge < -0.3 is 5.11 Å². The van der Waals surface area contributed by atoms with Crippen LogP contribution in [0.4, 0.5) is 4.39 Å². The summed E-state index contributed by atoms with van der Waals surface area (Å²) in [5.74, 6) is -0.510. The molecule has 0 fully saturated rings. The van der Waals surface area contributed by atoms with E-state index in [0.717, 1.165) is 31.2 Å². The summed E-state index contributed by atoms with van der Waals surface area (Å²) in [6.45, 7) is 1.15. The Morgan fingerprint density at radius 3 is 2.15 bits per heavy atom. The van der Waals surface area contributed by atoms with E-state index in [0.29, 0.717) is 0 Å². The van der Waals surface area contributed by atoms with Gasteiger partial charge in [-0.1, -0.05) is 0 Å². The molecule has 3 nitrogen and oxygen atoms in total. The molecule has 0 radical (unpaired) electrons. The monoisotopic (exact) mass is 204 g/mol. The topological polar surface area (TPSA) is 54.4 Å². The van der Waals surface area contributed by atoms with Crippen molar-refractivity contribution in [1.82, 2.24) is 0 Å². The highest BCUT2D eigenvalue weighted by atomic mass is 32.2. The van der Waals surface area contributed by atoms with Gasteiger partial charge in [-0.05, 0) is 31.2 Å². The van der Waals surface area contributed by atoms with E-state index in [1.54, 1.807) is 0 Å². The van der Waals surface area contributed by atoms with E-state index in [9.17, 15) is 12.8 Å². The van der Waals surface area contributed by atoms with Crippen LogP contribution in [0.2, 0.25) is 0 Å². The first-order chi connectivity index (χ1) is 5.94. The van der Waals surface area contributed by atoms with Crippen LogP contribution in [0.5, 0.6) is 0 Å². The van der Waals surface area contributed by atoms with Crippen molar-refractivity contribution in [3.63, 3.8) is 0 Å². The molecule has 13 heavy (non-hydrogen) atoms. The molecule has 0 amide bonds. The van der Waals surface area contributed by atoms with Gasteiger partial charge in [0.25, 0.3) is 0 Å². The Morgan fingerprint density at radius 1 is 1.31 bits per heavy atom. The quantitative estimate of drug-likeness (QED) is 0.729. The second-order valence-corrected chi connectivity index (χ2v) is 4.84. The van der Waals surface area contributed by atoms with Crippen molar-refractivity contribution in [1.29, 1.82) is 0 Å². The number of aliphatic hydroxyl groups excluding tert-OH is 1. The number of rotatable bonds is 2. The zero-order valence-electron chi connectivity index (χ0n) is 6.94. The molecule has 0 saturated carbocycles. The number of halogens is 1. The molecule has 0 spiro atoms. The first-order valence-electron chi connectivity index (χ1n) is 3.62. The molecule has 0 aromatic heterocycles. The minimum absolute atomic E-state index is 0.0797. The molecule has 1 aromatic carbocycles. The maximum atomic E-state index is 12.4. The van der Waals surface area contributed by atoms with E-state index in [1.807, 2.05) is 0 Å². The first kappa shape index (κ1) is 10.1. The summed E-state index contributed by atoms with van der Waals surface area (Å²) in [6, 6.07) is 4.32. The second kappa shape index (κ2) is 3.43. The van der Waals surface area contributed by atoms with E-state index in [1.165, 1.54) is 0 Å². The van der Waals surface area contributed by atoms with E-state index in [-0.39, 0.29) is 4.90 Å². The van der Waals surface area contributed by atoms with Crippen molar-refractivity contribution in [3.05, 3.63) is 30.1 Å². The Morgan fingerprint density at radius 2 is 1.77 bits per heavy atom. The van der Waals surface area contributed by atoms with Gasteiger partial charge in [-0.3, -0.25) is 0 Å². The van der Waals surface area contributed by atoms with Gasteiger partial charge >= 0.3 is 0 Å². The summed E-state index contributed by atoms with van der Waals surface area (Å²) in [5, 5.41) is 8.92. The van der Waals surface area contributed by atoms with Crippen molar-refractivity contribution >= 4 is 9.84 Å². The molecule has 0 aliphatic rings. The molecule has 1 atom stereocenters. The van der Waals surface area contributed by atoms with Gasteiger partial charge in [0.2, 0.25) is 9.84 Å². The Labute approximate surface area is 75.7 Å².